The maximum atomic E-state index is 12.6. The van der Waals surface area contributed by atoms with Crippen molar-refractivity contribution < 1.29 is 24.6 Å². The summed E-state index contributed by atoms with van der Waals surface area (Å²) < 4.78 is 0. The molecular weight excluding hydrogens is 482 g/mol. The molecule has 0 saturated heterocycles. The number of carboxylic acid groups (broad SMARTS) is 1. The van der Waals surface area contributed by atoms with Crippen LogP contribution in [-0.4, -0.2) is 40.8 Å². The van der Waals surface area contributed by atoms with Crippen molar-refractivity contribution in [3.8, 4) is 22.9 Å². The quantitative estimate of drug-likeness (QED) is 0.197. The van der Waals surface area contributed by atoms with Gasteiger partial charge in [0.1, 0.15) is 11.5 Å². The van der Waals surface area contributed by atoms with Crippen LogP contribution in [0.5, 0.6) is 5.75 Å². The minimum atomic E-state index is -1.35. The third kappa shape index (κ3) is 6.47. The van der Waals surface area contributed by atoms with Crippen LogP contribution in [0.4, 0.5) is 11.4 Å². The van der Waals surface area contributed by atoms with E-state index in [1.54, 1.807) is 24.3 Å². The van der Waals surface area contributed by atoms with Gasteiger partial charge in [-0.25, -0.2) is 4.79 Å². The van der Waals surface area contributed by atoms with Gasteiger partial charge in [-0.2, -0.15) is 5.26 Å². The number of thiol groups is 1. The predicted octanol–water partition coefficient (Wildman–Crippen LogP) is 3.46. The van der Waals surface area contributed by atoms with Gasteiger partial charge in [-0.1, -0.05) is 12.1 Å². The van der Waals surface area contributed by atoms with E-state index in [0.717, 1.165) is 6.07 Å². The van der Waals surface area contributed by atoms with Crippen LogP contribution in [0.2, 0.25) is 0 Å². The number of phenols is 1. The second kappa shape index (κ2) is 12.2. The standard InChI is InChI=1S/C24H18N4O5S.CH5N/c1-12(29)27-15-5-3-14(4-6-15)16-9-20(30)18(10-21(16)34)22(26)23(31)28-19-7-2-13(11-25)8-17(19)24(32)33;1-2/h2-10,26,30,34H,1H3,(H,27,29)(H,28,31)(H,32,33);2H2,1H3. The van der Waals surface area contributed by atoms with E-state index in [1.165, 1.54) is 38.2 Å². The molecule has 0 spiro atoms. The summed E-state index contributed by atoms with van der Waals surface area (Å²) in [5, 5.41) is 42.0. The van der Waals surface area contributed by atoms with Crippen molar-refractivity contribution in [3.05, 3.63) is 71.3 Å². The molecule has 184 valence electrons. The molecule has 0 radical (unpaired) electrons. The minimum Gasteiger partial charge on any atom is -0.507 e. The summed E-state index contributed by atoms with van der Waals surface area (Å²) in [6.45, 7) is 1.39. The molecule has 0 atom stereocenters. The molecule has 2 amide bonds. The van der Waals surface area contributed by atoms with Crippen LogP contribution in [0, 0.1) is 16.7 Å². The van der Waals surface area contributed by atoms with E-state index in [1.807, 2.05) is 6.07 Å². The Hall–Kier alpha value is -4.66. The lowest BCUT2D eigenvalue weighted by molar-refractivity contribution is -0.114. The predicted molar refractivity (Wildman–Crippen MR) is 139 cm³/mol. The van der Waals surface area contributed by atoms with Gasteiger partial charge in [-0.3, -0.25) is 15.0 Å². The zero-order valence-corrected chi connectivity index (χ0v) is 20.2. The molecule has 0 aliphatic heterocycles. The third-order valence-electron chi connectivity index (χ3n) is 4.75. The Balaban J connectivity index is 0.00000222. The van der Waals surface area contributed by atoms with Crippen molar-refractivity contribution in [3.63, 3.8) is 0 Å². The van der Waals surface area contributed by atoms with Crippen LogP contribution in [0.3, 0.4) is 0 Å². The first-order valence-corrected chi connectivity index (χ1v) is 10.7. The van der Waals surface area contributed by atoms with Gasteiger partial charge in [-0.05, 0) is 60.6 Å². The lowest BCUT2D eigenvalue weighted by Gasteiger charge is -2.13. The number of nitrogens with two attached hydrogens (primary N) is 1. The van der Waals surface area contributed by atoms with Crippen LogP contribution < -0.4 is 16.4 Å². The number of nitrogens with zero attached hydrogens (tertiary/aromatic N) is 1. The lowest BCUT2D eigenvalue weighted by atomic mass is 10.00. The molecule has 36 heavy (non-hydrogen) atoms. The number of nitriles is 1. The zero-order valence-electron chi connectivity index (χ0n) is 19.3. The number of aromatic hydroxyl groups is 1. The van der Waals surface area contributed by atoms with Crippen molar-refractivity contribution in [1.29, 1.82) is 10.7 Å². The molecule has 0 heterocycles. The van der Waals surface area contributed by atoms with Gasteiger partial charge in [0.25, 0.3) is 5.91 Å². The highest BCUT2D eigenvalue weighted by Crippen LogP contribution is 2.34. The normalized spacial score (nSPS) is 9.75. The van der Waals surface area contributed by atoms with Crippen molar-refractivity contribution >= 4 is 47.5 Å². The summed E-state index contributed by atoms with van der Waals surface area (Å²) in [6.07, 6.45) is 0. The summed E-state index contributed by atoms with van der Waals surface area (Å²) in [4.78, 5) is 35.6. The summed E-state index contributed by atoms with van der Waals surface area (Å²) in [5.41, 5.74) is 5.30. The third-order valence-corrected chi connectivity index (χ3v) is 5.12. The molecule has 0 unspecified atom stereocenters. The van der Waals surface area contributed by atoms with Gasteiger partial charge in [0, 0.05) is 23.1 Å². The van der Waals surface area contributed by atoms with Gasteiger partial charge in [0.15, 0.2) is 0 Å². The number of hydrogen-bond acceptors (Lipinski definition) is 8. The second-order valence-electron chi connectivity index (χ2n) is 7.15. The summed E-state index contributed by atoms with van der Waals surface area (Å²) in [5.74, 6) is -2.87. The highest BCUT2D eigenvalue weighted by Gasteiger charge is 2.21. The van der Waals surface area contributed by atoms with Crippen molar-refractivity contribution in [2.24, 2.45) is 5.73 Å². The smallest absolute Gasteiger partial charge is 0.337 e. The Morgan fingerprint density at radius 3 is 2.19 bits per heavy atom. The number of phenolic OH excluding ortho intramolecular Hbond substituents is 1. The first-order valence-electron chi connectivity index (χ1n) is 10.3. The van der Waals surface area contributed by atoms with E-state index < -0.39 is 17.6 Å². The van der Waals surface area contributed by atoms with E-state index in [0.29, 0.717) is 21.7 Å². The first kappa shape index (κ1) is 27.6. The number of nitrogens with one attached hydrogen (secondary N) is 3. The first-order chi connectivity index (χ1) is 17.1. The summed E-state index contributed by atoms with van der Waals surface area (Å²) in [6, 6.07) is 15.0. The van der Waals surface area contributed by atoms with Crippen LogP contribution in [0.25, 0.3) is 11.1 Å². The van der Waals surface area contributed by atoms with Gasteiger partial charge in [0.2, 0.25) is 5.91 Å². The molecule has 0 bridgehead atoms. The topological polar surface area (TPSA) is 189 Å². The monoisotopic (exact) mass is 505 g/mol. The molecule has 0 saturated carbocycles. The van der Waals surface area contributed by atoms with E-state index in [4.69, 9.17) is 10.7 Å². The number of carboxylic acids is 1. The fraction of sp³-hybridized carbons (Fsp3) is 0.0800. The number of hydrogen-bond donors (Lipinski definition) is 7. The second-order valence-corrected chi connectivity index (χ2v) is 7.63. The maximum Gasteiger partial charge on any atom is 0.337 e. The average Bonchev–Trinajstić information content (AvgIpc) is 2.86. The van der Waals surface area contributed by atoms with Gasteiger partial charge < -0.3 is 26.6 Å². The lowest BCUT2D eigenvalue weighted by Crippen LogP contribution is -2.24. The molecule has 0 aliphatic rings. The Morgan fingerprint density at radius 2 is 1.64 bits per heavy atom. The number of anilines is 2. The molecule has 0 aromatic heterocycles. The molecule has 3 aromatic carbocycles. The van der Waals surface area contributed by atoms with Crippen molar-refractivity contribution in [1.82, 2.24) is 0 Å². The number of carbonyl (C=O) groups excluding carboxylic acids is 2. The fourth-order valence-electron chi connectivity index (χ4n) is 3.15. The molecule has 7 N–H and O–H groups in total. The number of rotatable bonds is 6. The van der Waals surface area contributed by atoms with E-state index in [9.17, 15) is 24.6 Å². The van der Waals surface area contributed by atoms with E-state index in [2.05, 4.69) is 29.0 Å². The number of aromatic carboxylic acids is 1. The Bertz CT molecular complexity index is 1380. The van der Waals surface area contributed by atoms with Crippen LogP contribution >= 0.6 is 12.6 Å². The van der Waals surface area contributed by atoms with Crippen molar-refractivity contribution in [2.45, 2.75) is 11.8 Å². The van der Waals surface area contributed by atoms with E-state index >= 15 is 0 Å². The maximum absolute atomic E-state index is 12.6. The highest BCUT2D eigenvalue weighted by atomic mass is 32.1. The number of benzene rings is 3. The Morgan fingerprint density at radius 1 is 1.00 bits per heavy atom. The summed E-state index contributed by atoms with van der Waals surface area (Å²) >= 11 is 4.42. The van der Waals surface area contributed by atoms with Crippen LogP contribution in [0.15, 0.2) is 59.5 Å². The Kier molecular flexibility index (Phi) is 9.32. The molecule has 3 aromatic rings. The minimum absolute atomic E-state index is 0.0947. The van der Waals surface area contributed by atoms with E-state index in [-0.39, 0.29) is 34.0 Å². The van der Waals surface area contributed by atoms with Gasteiger partial charge in [-0.15, -0.1) is 12.6 Å². The van der Waals surface area contributed by atoms with Gasteiger partial charge in [0.05, 0.1) is 22.9 Å². The number of carbonyl (C=O) groups is 3. The summed E-state index contributed by atoms with van der Waals surface area (Å²) in [7, 11) is 1.50. The zero-order chi connectivity index (χ0) is 27.0. The Labute approximate surface area is 212 Å². The van der Waals surface area contributed by atoms with Crippen LogP contribution in [0.1, 0.15) is 28.4 Å². The van der Waals surface area contributed by atoms with Crippen molar-refractivity contribution in [2.75, 3.05) is 17.7 Å². The molecule has 11 heteroatoms. The largest absolute Gasteiger partial charge is 0.507 e. The SMILES string of the molecule is CC(=O)Nc1ccc(-c2cc(O)c(C(=N)C(=O)Nc3ccc(C#N)cc3C(=O)O)cc2S)cc1.CN. The molecule has 10 nitrogen and oxygen atoms in total. The average molecular weight is 506 g/mol. The molecule has 0 aliphatic carbocycles. The highest BCUT2D eigenvalue weighted by molar-refractivity contribution is 7.80. The van der Waals surface area contributed by atoms with Crippen LogP contribution in [-0.2, 0) is 9.59 Å². The van der Waals surface area contributed by atoms with Gasteiger partial charge >= 0.3 is 5.97 Å². The fourth-order valence-corrected chi connectivity index (χ4v) is 3.47. The number of amides is 2. The molecule has 3 rings (SSSR count). The molecular formula is C25H23N5O5S. The molecule has 0 fully saturated rings.